The van der Waals surface area contributed by atoms with Gasteiger partial charge in [0.1, 0.15) is 5.82 Å². The van der Waals surface area contributed by atoms with Crippen molar-refractivity contribution in [3.63, 3.8) is 0 Å². The highest BCUT2D eigenvalue weighted by Gasteiger charge is 2.42. The van der Waals surface area contributed by atoms with Crippen molar-refractivity contribution < 1.29 is 4.39 Å². The molecule has 5 rings (SSSR count). The van der Waals surface area contributed by atoms with Crippen LogP contribution in [0.1, 0.15) is 34.7 Å². The van der Waals surface area contributed by atoms with E-state index in [1.165, 1.54) is 12.1 Å². The topological polar surface area (TPSA) is 46.0 Å². The van der Waals surface area contributed by atoms with Crippen LogP contribution in [0.5, 0.6) is 0 Å². The fraction of sp³-hybridized carbons (Fsp3) is 0.160. The van der Waals surface area contributed by atoms with Gasteiger partial charge in [-0.3, -0.25) is 9.97 Å². The Labute approximate surface area is 191 Å². The second kappa shape index (κ2) is 8.16. The van der Waals surface area contributed by atoms with Crippen LogP contribution in [0.25, 0.3) is 5.69 Å². The highest BCUT2D eigenvalue weighted by atomic mass is 32.1. The Morgan fingerprint density at radius 3 is 2.47 bits per heavy atom. The van der Waals surface area contributed by atoms with Gasteiger partial charge in [0, 0.05) is 29.5 Å². The molecule has 0 unspecified atom stereocenters. The van der Waals surface area contributed by atoms with Crippen molar-refractivity contribution in [3.05, 3.63) is 108 Å². The molecule has 160 valence electrons. The average Bonchev–Trinajstić information content (AvgIpc) is 3.31. The number of pyridine rings is 2. The largest absolute Gasteiger partial charge is 0.351 e. The van der Waals surface area contributed by atoms with Crippen LogP contribution in [-0.4, -0.2) is 19.6 Å². The van der Waals surface area contributed by atoms with Gasteiger partial charge in [0.25, 0.3) is 0 Å². The van der Waals surface area contributed by atoms with E-state index in [2.05, 4.69) is 44.7 Å². The Balaban J connectivity index is 1.68. The van der Waals surface area contributed by atoms with Crippen LogP contribution in [0.4, 0.5) is 10.1 Å². The Bertz CT molecular complexity index is 1260. The van der Waals surface area contributed by atoms with Gasteiger partial charge in [0.05, 0.1) is 29.7 Å². The lowest BCUT2D eigenvalue weighted by Gasteiger charge is -2.28. The summed E-state index contributed by atoms with van der Waals surface area (Å²) in [7, 11) is 0. The fourth-order valence-electron chi connectivity index (χ4n) is 4.52. The second-order valence-electron chi connectivity index (χ2n) is 7.85. The number of hydrogen-bond acceptors (Lipinski definition) is 3. The van der Waals surface area contributed by atoms with Crippen molar-refractivity contribution in [2.75, 3.05) is 4.90 Å². The lowest BCUT2D eigenvalue weighted by Crippen LogP contribution is -2.29. The first-order chi connectivity index (χ1) is 15.5. The molecule has 32 heavy (non-hydrogen) atoms. The maximum absolute atomic E-state index is 13.7. The molecule has 1 fully saturated rings. The normalized spacial score (nSPS) is 18.1. The van der Waals surface area contributed by atoms with Crippen molar-refractivity contribution in [2.45, 2.75) is 25.9 Å². The number of thiocarbonyl (C=S) groups is 1. The van der Waals surface area contributed by atoms with Crippen molar-refractivity contribution >= 4 is 23.0 Å². The van der Waals surface area contributed by atoms with E-state index in [0.717, 1.165) is 34.0 Å². The summed E-state index contributed by atoms with van der Waals surface area (Å²) in [5, 5.41) is 4.04. The minimum Gasteiger partial charge on any atom is -0.351 e. The van der Waals surface area contributed by atoms with Crippen LogP contribution in [0, 0.1) is 19.7 Å². The molecule has 0 amide bonds. The van der Waals surface area contributed by atoms with Crippen LogP contribution < -0.4 is 10.2 Å². The molecule has 0 bridgehead atoms. The van der Waals surface area contributed by atoms with Crippen molar-refractivity contribution in [3.8, 4) is 5.69 Å². The molecular weight excluding hydrogens is 421 g/mol. The SMILES string of the molecule is Cc1cc([C@@H]2[C@H](c3ccccn3)NC(=S)N2c2ccc(F)cc2)c(C)n1-c1cccnc1. The van der Waals surface area contributed by atoms with Crippen LogP contribution in [0.15, 0.2) is 79.3 Å². The Morgan fingerprint density at radius 1 is 0.969 bits per heavy atom. The van der Waals surface area contributed by atoms with E-state index in [1.807, 2.05) is 36.5 Å². The van der Waals surface area contributed by atoms with Gasteiger partial charge in [-0.05, 0) is 86.2 Å². The molecule has 3 aromatic heterocycles. The van der Waals surface area contributed by atoms with Gasteiger partial charge in [-0.15, -0.1) is 0 Å². The molecule has 1 aromatic carbocycles. The third-order valence-corrected chi connectivity index (χ3v) is 6.21. The van der Waals surface area contributed by atoms with E-state index < -0.39 is 0 Å². The molecule has 1 N–H and O–H groups in total. The van der Waals surface area contributed by atoms with E-state index in [0.29, 0.717) is 5.11 Å². The molecule has 5 nitrogen and oxygen atoms in total. The molecule has 4 aromatic rings. The smallest absolute Gasteiger partial charge is 0.174 e. The lowest BCUT2D eigenvalue weighted by molar-refractivity contribution is 0.565. The number of nitrogens with zero attached hydrogens (tertiary/aromatic N) is 4. The third kappa shape index (κ3) is 3.44. The van der Waals surface area contributed by atoms with Crippen LogP contribution in [0.3, 0.4) is 0 Å². The van der Waals surface area contributed by atoms with Gasteiger partial charge in [-0.2, -0.15) is 0 Å². The minimum atomic E-state index is -0.278. The molecule has 2 atom stereocenters. The summed E-state index contributed by atoms with van der Waals surface area (Å²) in [6.45, 7) is 4.19. The van der Waals surface area contributed by atoms with Gasteiger partial charge >= 0.3 is 0 Å². The van der Waals surface area contributed by atoms with E-state index in [4.69, 9.17) is 12.2 Å². The van der Waals surface area contributed by atoms with Crippen molar-refractivity contribution in [2.24, 2.45) is 0 Å². The molecule has 4 heterocycles. The summed E-state index contributed by atoms with van der Waals surface area (Å²) in [5.41, 5.74) is 6.06. The number of aromatic nitrogens is 3. The molecule has 7 heteroatoms. The number of rotatable bonds is 4. The number of nitrogens with one attached hydrogen (secondary N) is 1. The van der Waals surface area contributed by atoms with Crippen LogP contribution >= 0.6 is 12.2 Å². The second-order valence-corrected chi connectivity index (χ2v) is 8.23. The van der Waals surface area contributed by atoms with Gasteiger partial charge < -0.3 is 14.8 Å². The van der Waals surface area contributed by atoms with Crippen molar-refractivity contribution in [1.29, 1.82) is 0 Å². The Hall–Kier alpha value is -3.58. The minimum absolute atomic E-state index is 0.153. The molecule has 1 aliphatic heterocycles. The lowest BCUT2D eigenvalue weighted by atomic mass is 9.96. The maximum Gasteiger partial charge on any atom is 0.174 e. The third-order valence-electron chi connectivity index (χ3n) is 5.90. The number of anilines is 1. The van der Waals surface area contributed by atoms with E-state index in [-0.39, 0.29) is 17.9 Å². The highest BCUT2D eigenvalue weighted by Crippen LogP contribution is 2.43. The first-order valence-corrected chi connectivity index (χ1v) is 10.8. The van der Waals surface area contributed by atoms with Gasteiger partial charge in [-0.1, -0.05) is 6.07 Å². The summed E-state index contributed by atoms with van der Waals surface area (Å²) in [5.74, 6) is -0.278. The first kappa shape index (κ1) is 20.3. The predicted octanol–water partition coefficient (Wildman–Crippen LogP) is 5.20. The zero-order chi connectivity index (χ0) is 22.2. The summed E-state index contributed by atoms with van der Waals surface area (Å²) < 4.78 is 15.9. The molecular formula is C25H22FN5S. The molecule has 0 saturated carbocycles. The number of hydrogen-bond donors (Lipinski definition) is 1. The maximum atomic E-state index is 13.7. The quantitative estimate of drug-likeness (QED) is 0.439. The van der Waals surface area contributed by atoms with E-state index in [1.54, 1.807) is 24.5 Å². The number of halogens is 1. The summed E-state index contributed by atoms with van der Waals surface area (Å²) in [4.78, 5) is 10.9. The number of benzene rings is 1. The fourth-order valence-corrected chi connectivity index (χ4v) is 4.87. The molecule has 1 saturated heterocycles. The van der Waals surface area contributed by atoms with Gasteiger partial charge in [0.15, 0.2) is 5.11 Å². The van der Waals surface area contributed by atoms with Crippen molar-refractivity contribution in [1.82, 2.24) is 19.9 Å². The van der Waals surface area contributed by atoms with Gasteiger partial charge in [0.2, 0.25) is 0 Å². The van der Waals surface area contributed by atoms with Gasteiger partial charge in [-0.25, -0.2) is 4.39 Å². The summed E-state index contributed by atoms with van der Waals surface area (Å²) >= 11 is 5.76. The summed E-state index contributed by atoms with van der Waals surface area (Å²) in [6.07, 6.45) is 5.41. The molecule has 0 radical (unpaired) electrons. The Morgan fingerprint density at radius 2 is 1.78 bits per heavy atom. The first-order valence-electron chi connectivity index (χ1n) is 10.4. The van der Waals surface area contributed by atoms with Crippen LogP contribution in [0.2, 0.25) is 0 Å². The predicted molar refractivity (Wildman–Crippen MR) is 127 cm³/mol. The highest BCUT2D eigenvalue weighted by molar-refractivity contribution is 7.80. The van der Waals surface area contributed by atoms with E-state index in [9.17, 15) is 4.39 Å². The Kier molecular flexibility index (Phi) is 5.19. The molecule has 0 spiro atoms. The molecule has 1 aliphatic rings. The summed E-state index contributed by atoms with van der Waals surface area (Å²) in [6, 6.07) is 18.2. The zero-order valence-electron chi connectivity index (χ0n) is 17.7. The average molecular weight is 444 g/mol. The molecule has 0 aliphatic carbocycles. The van der Waals surface area contributed by atoms with E-state index >= 15 is 0 Å². The zero-order valence-corrected chi connectivity index (χ0v) is 18.6. The monoisotopic (exact) mass is 443 g/mol. The van der Waals surface area contributed by atoms with Crippen LogP contribution in [-0.2, 0) is 0 Å². The standard InChI is InChI=1S/C25H22FN5S/c1-16-14-21(17(2)30(16)20-6-5-12-27-15-20)24-23(22-7-3-4-13-28-22)29-25(32)31(24)19-10-8-18(26)9-11-19/h3-15,23-24H,1-2H3,(H,29,32)/t23-,24+/m0/s1. The number of aryl methyl sites for hydroxylation is 1.